The number of furan rings is 1. The molecule has 2 heterocycles. The van der Waals surface area contributed by atoms with Gasteiger partial charge < -0.3 is 4.42 Å². The maximum Gasteiger partial charge on any atom is 0.138 e. The van der Waals surface area contributed by atoms with E-state index in [9.17, 15) is 4.79 Å². The Hall–Kier alpha value is -1.09. The van der Waals surface area contributed by atoms with Crippen LogP contribution in [0.4, 0.5) is 0 Å². The maximum atomic E-state index is 11.4. The van der Waals surface area contributed by atoms with Gasteiger partial charge in [0.2, 0.25) is 0 Å². The Balaban J connectivity index is 1.90. The van der Waals surface area contributed by atoms with Gasteiger partial charge in [0, 0.05) is 37.9 Å². The first-order valence-electron chi connectivity index (χ1n) is 5.96. The van der Waals surface area contributed by atoms with Crippen molar-refractivity contribution in [3.8, 4) is 0 Å². The van der Waals surface area contributed by atoms with Crippen molar-refractivity contribution in [2.45, 2.75) is 32.7 Å². The average molecular weight is 221 g/mol. The average Bonchev–Trinajstić information content (AvgIpc) is 2.74. The Morgan fingerprint density at radius 3 is 3.06 bits per heavy atom. The van der Waals surface area contributed by atoms with Gasteiger partial charge in [0.15, 0.2) is 0 Å². The number of ketones is 1. The van der Waals surface area contributed by atoms with E-state index >= 15 is 0 Å². The van der Waals surface area contributed by atoms with Gasteiger partial charge in [-0.3, -0.25) is 9.69 Å². The van der Waals surface area contributed by atoms with Crippen LogP contribution in [0.2, 0.25) is 0 Å². The lowest BCUT2D eigenvalue weighted by atomic mass is 9.96. The Morgan fingerprint density at radius 2 is 2.44 bits per heavy atom. The zero-order valence-electron chi connectivity index (χ0n) is 9.98. The summed E-state index contributed by atoms with van der Waals surface area (Å²) >= 11 is 0. The lowest BCUT2D eigenvalue weighted by Gasteiger charge is -2.34. The van der Waals surface area contributed by atoms with Gasteiger partial charge in [-0.2, -0.15) is 0 Å². The van der Waals surface area contributed by atoms with E-state index in [1.807, 2.05) is 19.1 Å². The quantitative estimate of drug-likeness (QED) is 0.784. The number of Topliss-reactive ketones (excluding diaryl/α,β-unsaturated/α-hetero) is 1. The molecule has 2 atom stereocenters. The molecule has 0 N–H and O–H groups in total. The first-order valence-corrected chi connectivity index (χ1v) is 5.96. The first kappa shape index (κ1) is 11.4. The molecule has 1 aliphatic rings. The summed E-state index contributed by atoms with van der Waals surface area (Å²) in [7, 11) is 0. The molecule has 2 unspecified atom stereocenters. The van der Waals surface area contributed by atoms with Crippen LogP contribution in [0.1, 0.15) is 26.0 Å². The molecule has 3 nitrogen and oxygen atoms in total. The predicted molar refractivity (Wildman–Crippen MR) is 62.2 cm³/mol. The fraction of sp³-hybridized carbons (Fsp3) is 0.615. The molecule has 0 radical (unpaired) electrons. The molecule has 1 saturated heterocycles. The molecule has 0 aromatic carbocycles. The second kappa shape index (κ2) is 4.83. The number of nitrogens with zero attached hydrogens (tertiary/aromatic N) is 1. The summed E-state index contributed by atoms with van der Waals surface area (Å²) in [6, 6.07) is 4.38. The van der Waals surface area contributed by atoms with Crippen molar-refractivity contribution < 1.29 is 9.21 Å². The van der Waals surface area contributed by atoms with Gasteiger partial charge in [-0.1, -0.05) is 6.92 Å². The van der Waals surface area contributed by atoms with E-state index in [2.05, 4.69) is 11.8 Å². The van der Waals surface area contributed by atoms with Crippen LogP contribution in [0.5, 0.6) is 0 Å². The summed E-state index contributed by atoms with van der Waals surface area (Å²) in [5, 5.41) is 0. The highest BCUT2D eigenvalue weighted by molar-refractivity contribution is 5.81. The number of piperidine rings is 1. The molecule has 1 fully saturated rings. The minimum atomic E-state index is 0.188. The van der Waals surface area contributed by atoms with Gasteiger partial charge in [-0.05, 0) is 19.1 Å². The highest BCUT2D eigenvalue weighted by Crippen LogP contribution is 2.17. The summed E-state index contributed by atoms with van der Waals surface area (Å²) < 4.78 is 5.35. The van der Waals surface area contributed by atoms with Crippen LogP contribution < -0.4 is 0 Å². The van der Waals surface area contributed by atoms with Gasteiger partial charge in [0.25, 0.3) is 0 Å². The maximum absolute atomic E-state index is 11.4. The van der Waals surface area contributed by atoms with E-state index in [1.54, 1.807) is 6.26 Å². The zero-order chi connectivity index (χ0) is 11.5. The van der Waals surface area contributed by atoms with Crippen LogP contribution in [0.3, 0.4) is 0 Å². The van der Waals surface area contributed by atoms with Crippen LogP contribution in [-0.4, -0.2) is 29.8 Å². The highest BCUT2D eigenvalue weighted by atomic mass is 16.3. The Labute approximate surface area is 96.4 Å². The Bertz CT molecular complexity index is 345. The van der Waals surface area contributed by atoms with Crippen LogP contribution in [0, 0.1) is 5.92 Å². The summed E-state index contributed by atoms with van der Waals surface area (Å²) in [4.78, 5) is 13.8. The minimum Gasteiger partial charge on any atom is -0.469 e. The summed E-state index contributed by atoms with van der Waals surface area (Å²) in [6.45, 7) is 6.00. The number of carbonyl (C=O) groups excluding carboxylic acids is 1. The number of carbonyl (C=O) groups is 1. The highest BCUT2D eigenvalue weighted by Gasteiger charge is 2.26. The molecule has 1 aromatic heterocycles. The van der Waals surface area contributed by atoms with E-state index in [1.165, 1.54) is 0 Å². The van der Waals surface area contributed by atoms with Crippen molar-refractivity contribution in [1.29, 1.82) is 0 Å². The lowest BCUT2D eigenvalue weighted by Crippen LogP contribution is -2.45. The second-order valence-electron chi connectivity index (χ2n) is 4.74. The van der Waals surface area contributed by atoms with Crippen LogP contribution in [-0.2, 0) is 11.2 Å². The molecule has 2 rings (SSSR count). The molecule has 1 aromatic rings. The standard InChI is InChI=1S/C13H19NO2/c1-10-9-14(6-5-13(10)15)11(2)8-12-4-3-7-16-12/h3-4,7,10-11H,5-6,8-9H2,1-2H3. The molecule has 16 heavy (non-hydrogen) atoms. The lowest BCUT2D eigenvalue weighted by molar-refractivity contribution is -0.126. The van der Waals surface area contributed by atoms with Crippen LogP contribution in [0.15, 0.2) is 22.8 Å². The number of hydrogen-bond acceptors (Lipinski definition) is 3. The minimum absolute atomic E-state index is 0.188. The third kappa shape index (κ3) is 2.53. The van der Waals surface area contributed by atoms with Gasteiger partial charge in [0.1, 0.15) is 11.5 Å². The van der Waals surface area contributed by atoms with Gasteiger partial charge in [0.05, 0.1) is 6.26 Å². The monoisotopic (exact) mass is 221 g/mol. The van der Waals surface area contributed by atoms with E-state index < -0.39 is 0 Å². The number of likely N-dealkylation sites (tertiary alicyclic amines) is 1. The van der Waals surface area contributed by atoms with Crippen LogP contribution in [0.25, 0.3) is 0 Å². The first-order chi connectivity index (χ1) is 7.66. The molecular formula is C13H19NO2. The topological polar surface area (TPSA) is 33.5 Å². The molecular weight excluding hydrogens is 202 g/mol. The van der Waals surface area contributed by atoms with E-state index in [-0.39, 0.29) is 5.92 Å². The largest absolute Gasteiger partial charge is 0.469 e. The predicted octanol–water partition coefficient (Wildman–Crippen LogP) is 2.12. The molecule has 0 bridgehead atoms. The fourth-order valence-electron chi connectivity index (χ4n) is 2.29. The third-order valence-corrected chi connectivity index (χ3v) is 3.40. The SMILES string of the molecule is CC1CN(C(C)Cc2ccco2)CCC1=O. The Kier molecular flexibility index (Phi) is 3.44. The van der Waals surface area contributed by atoms with Crippen molar-refractivity contribution in [2.75, 3.05) is 13.1 Å². The second-order valence-corrected chi connectivity index (χ2v) is 4.74. The van der Waals surface area contributed by atoms with Crippen LogP contribution >= 0.6 is 0 Å². The van der Waals surface area contributed by atoms with Gasteiger partial charge in [-0.15, -0.1) is 0 Å². The molecule has 0 saturated carbocycles. The van der Waals surface area contributed by atoms with Crippen molar-refractivity contribution in [3.05, 3.63) is 24.2 Å². The summed E-state index contributed by atoms with van der Waals surface area (Å²) in [5.41, 5.74) is 0. The zero-order valence-corrected chi connectivity index (χ0v) is 9.98. The van der Waals surface area contributed by atoms with Crippen molar-refractivity contribution >= 4 is 5.78 Å². The van der Waals surface area contributed by atoms with Gasteiger partial charge >= 0.3 is 0 Å². The molecule has 0 spiro atoms. The van der Waals surface area contributed by atoms with E-state index in [0.29, 0.717) is 18.2 Å². The molecule has 88 valence electrons. The molecule has 0 amide bonds. The molecule has 0 aliphatic carbocycles. The fourth-order valence-corrected chi connectivity index (χ4v) is 2.29. The Morgan fingerprint density at radius 1 is 1.62 bits per heavy atom. The van der Waals surface area contributed by atoms with E-state index in [4.69, 9.17) is 4.42 Å². The summed E-state index contributed by atoms with van der Waals surface area (Å²) in [6.07, 6.45) is 3.34. The van der Waals surface area contributed by atoms with Crippen molar-refractivity contribution in [2.24, 2.45) is 5.92 Å². The number of hydrogen-bond donors (Lipinski definition) is 0. The smallest absolute Gasteiger partial charge is 0.138 e. The van der Waals surface area contributed by atoms with Crippen molar-refractivity contribution in [1.82, 2.24) is 4.90 Å². The van der Waals surface area contributed by atoms with Gasteiger partial charge in [-0.25, -0.2) is 0 Å². The third-order valence-electron chi connectivity index (χ3n) is 3.40. The van der Waals surface area contributed by atoms with Crippen molar-refractivity contribution in [3.63, 3.8) is 0 Å². The van der Waals surface area contributed by atoms with E-state index in [0.717, 1.165) is 25.3 Å². The molecule has 3 heteroatoms. The summed E-state index contributed by atoms with van der Waals surface area (Å²) in [5.74, 6) is 1.62. The normalized spacial score (nSPS) is 24.6. The number of rotatable bonds is 3. The molecule has 1 aliphatic heterocycles.